The average Bonchev–Trinajstić information content (AvgIpc) is 2.40. The molecule has 0 atom stereocenters. The van der Waals surface area contributed by atoms with Crippen molar-refractivity contribution in [2.75, 3.05) is 14.1 Å². The van der Waals surface area contributed by atoms with E-state index in [9.17, 15) is 18.3 Å². The Morgan fingerprint density at radius 1 is 1.09 bits per heavy atom. The Balaban J connectivity index is 2.27. The Morgan fingerprint density at radius 3 is 2.27 bits per heavy atom. The van der Waals surface area contributed by atoms with Gasteiger partial charge in [0.15, 0.2) is 6.20 Å². The molecule has 0 aliphatic carbocycles. The fraction of sp³-hybridized carbons (Fsp3) is 0.214. The first-order valence-corrected chi connectivity index (χ1v) is 6.98. The van der Waals surface area contributed by atoms with E-state index in [1.807, 2.05) is 18.4 Å². The summed E-state index contributed by atoms with van der Waals surface area (Å²) in [5.74, 6) is -0.331. The molecule has 118 valence electrons. The van der Waals surface area contributed by atoms with Gasteiger partial charge in [-0.25, -0.2) is 0 Å². The van der Waals surface area contributed by atoms with Crippen molar-refractivity contribution < 1.29 is 27.6 Å². The van der Waals surface area contributed by atoms with Crippen molar-refractivity contribution >= 4 is 11.9 Å². The predicted molar refractivity (Wildman–Crippen MR) is 75.9 cm³/mol. The molecule has 22 heavy (non-hydrogen) atoms. The highest BCUT2D eigenvalue weighted by atomic mass is 32.2. The van der Waals surface area contributed by atoms with Gasteiger partial charge in [0.25, 0.3) is 0 Å². The summed E-state index contributed by atoms with van der Waals surface area (Å²) in [5.41, 5.74) is 0.522. The van der Waals surface area contributed by atoms with E-state index < -0.39 is 6.36 Å². The fourth-order valence-corrected chi connectivity index (χ4v) is 2.46. The van der Waals surface area contributed by atoms with Gasteiger partial charge in [-0.2, -0.15) is 0 Å². The lowest BCUT2D eigenvalue weighted by Gasteiger charge is -2.09. The van der Waals surface area contributed by atoms with Crippen LogP contribution in [0, 0.1) is 0 Å². The van der Waals surface area contributed by atoms with Crippen molar-refractivity contribution in [3.8, 4) is 17.3 Å². The molecular formula is C14H14F3N2O2S+. The number of ether oxygens (including phenoxy) is 1. The molecule has 0 radical (unpaired) electrons. The Labute approximate surface area is 129 Å². The quantitative estimate of drug-likeness (QED) is 0.690. The number of pyridine rings is 1. The maximum absolute atomic E-state index is 12.1. The molecule has 1 N–H and O–H groups in total. The van der Waals surface area contributed by atoms with E-state index in [4.69, 9.17) is 0 Å². The lowest BCUT2D eigenvalue weighted by Crippen LogP contribution is -2.30. The number of alkyl halides is 3. The lowest BCUT2D eigenvalue weighted by molar-refractivity contribution is -0.606. The van der Waals surface area contributed by atoms with E-state index in [1.165, 1.54) is 46.8 Å². The van der Waals surface area contributed by atoms with Crippen molar-refractivity contribution in [1.29, 1.82) is 0 Å². The molecule has 1 aromatic heterocycles. The van der Waals surface area contributed by atoms with Crippen LogP contribution in [0.15, 0.2) is 47.5 Å². The molecule has 0 bridgehead atoms. The molecule has 2 aromatic rings. The third kappa shape index (κ3) is 4.54. The molecule has 0 amide bonds. The zero-order chi connectivity index (χ0) is 16.3. The maximum atomic E-state index is 12.1. The van der Waals surface area contributed by atoms with Crippen molar-refractivity contribution in [3.05, 3.63) is 42.6 Å². The minimum Gasteiger partial charge on any atom is -0.459 e. The first-order valence-electron chi connectivity index (χ1n) is 6.21. The smallest absolute Gasteiger partial charge is 0.459 e. The van der Waals surface area contributed by atoms with E-state index >= 15 is 0 Å². The Bertz CT molecular complexity index is 646. The summed E-state index contributed by atoms with van der Waals surface area (Å²) < 4.78 is 43.6. The number of aromatic nitrogens is 1. The SMILES string of the molecule is CN(C)Sc1ccc(O)[n+](-c2ccc(OC(F)(F)F)cc2)c1. The third-order valence-electron chi connectivity index (χ3n) is 2.54. The van der Waals surface area contributed by atoms with Crippen LogP contribution in [0.4, 0.5) is 13.2 Å². The first-order chi connectivity index (χ1) is 10.2. The Hall–Kier alpha value is -1.93. The van der Waals surface area contributed by atoms with E-state index in [1.54, 1.807) is 12.3 Å². The predicted octanol–water partition coefficient (Wildman–Crippen LogP) is 3.14. The number of halogens is 3. The minimum absolute atomic E-state index is 0.0207. The highest BCUT2D eigenvalue weighted by Gasteiger charge is 2.31. The summed E-state index contributed by atoms with van der Waals surface area (Å²) in [4.78, 5) is 0.874. The van der Waals surface area contributed by atoms with Gasteiger partial charge >= 0.3 is 12.2 Å². The van der Waals surface area contributed by atoms with Gasteiger partial charge in [0, 0.05) is 12.1 Å². The highest BCUT2D eigenvalue weighted by Crippen LogP contribution is 2.24. The monoisotopic (exact) mass is 331 g/mol. The number of benzene rings is 1. The minimum atomic E-state index is -4.72. The number of nitrogens with zero attached hydrogens (tertiary/aromatic N) is 2. The lowest BCUT2D eigenvalue weighted by atomic mass is 10.3. The molecular weight excluding hydrogens is 317 g/mol. The van der Waals surface area contributed by atoms with Crippen LogP contribution in [0.3, 0.4) is 0 Å². The van der Waals surface area contributed by atoms with Gasteiger partial charge in [0.2, 0.25) is 5.69 Å². The first kappa shape index (κ1) is 16.4. The number of aromatic hydroxyl groups is 1. The van der Waals surface area contributed by atoms with Crippen LogP contribution in [0.1, 0.15) is 0 Å². The van der Waals surface area contributed by atoms with Crippen LogP contribution in [0.5, 0.6) is 11.6 Å². The molecule has 0 saturated heterocycles. The van der Waals surface area contributed by atoms with Crippen LogP contribution in [-0.2, 0) is 0 Å². The van der Waals surface area contributed by atoms with Crippen LogP contribution in [-0.4, -0.2) is 29.9 Å². The molecule has 0 saturated carbocycles. The molecule has 0 aliphatic heterocycles. The Morgan fingerprint density at radius 2 is 1.73 bits per heavy atom. The van der Waals surface area contributed by atoms with E-state index in [0.29, 0.717) is 5.69 Å². The van der Waals surface area contributed by atoms with Gasteiger partial charge in [-0.1, -0.05) is 0 Å². The molecule has 4 nitrogen and oxygen atoms in total. The molecule has 0 fully saturated rings. The second kappa shape index (κ2) is 6.45. The number of hydrogen-bond acceptors (Lipinski definition) is 4. The van der Waals surface area contributed by atoms with Gasteiger partial charge in [-0.3, -0.25) is 4.31 Å². The van der Waals surface area contributed by atoms with Gasteiger partial charge in [0.1, 0.15) is 5.75 Å². The van der Waals surface area contributed by atoms with Gasteiger partial charge in [0.05, 0.1) is 11.0 Å². The van der Waals surface area contributed by atoms with Crippen molar-refractivity contribution in [3.63, 3.8) is 0 Å². The number of rotatable bonds is 4. The average molecular weight is 331 g/mol. The molecule has 0 spiro atoms. The molecule has 8 heteroatoms. The van der Waals surface area contributed by atoms with Crippen LogP contribution in [0.25, 0.3) is 5.69 Å². The maximum Gasteiger partial charge on any atom is 0.573 e. The Kier molecular flexibility index (Phi) is 4.82. The standard InChI is InChI=1S/C14H13F3N2O2S/c1-18(2)22-12-7-8-13(20)19(9-12)10-3-5-11(6-4-10)21-14(15,16)17/h3-9H,1-2H3/p+1. The highest BCUT2D eigenvalue weighted by molar-refractivity contribution is 7.97. The zero-order valence-electron chi connectivity index (χ0n) is 11.8. The van der Waals surface area contributed by atoms with Gasteiger partial charge < -0.3 is 9.84 Å². The summed E-state index contributed by atoms with van der Waals surface area (Å²) in [6.07, 6.45) is -3.03. The summed E-state index contributed by atoms with van der Waals surface area (Å²) >= 11 is 1.45. The normalized spacial score (nSPS) is 11.7. The topological polar surface area (TPSA) is 36.6 Å². The summed E-state index contributed by atoms with van der Waals surface area (Å²) in [6, 6.07) is 8.53. The second-order valence-corrected chi connectivity index (χ2v) is 5.92. The number of hydrogen-bond donors (Lipinski definition) is 1. The second-order valence-electron chi connectivity index (χ2n) is 4.54. The molecule has 0 aliphatic rings. The van der Waals surface area contributed by atoms with E-state index in [0.717, 1.165) is 4.90 Å². The fourth-order valence-electron chi connectivity index (χ4n) is 1.75. The van der Waals surface area contributed by atoms with E-state index in [2.05, 4.69) is 4.74 Å². The molecule has 1 aromatic carbocycles. The molecule has 2 rings (SSSR count). The van der Waals surface area contributed by atoms with Crippen molar-refractivity contribution in [1.82, 2.24) is 4.31 Å². The van der Waals surface area contributed by atoms with E-state index in [-0.39, 0.29) is 11.6 Å². The molecule has 1 heterocycles. The third-order valence-corrected chi connectivity index (χ3v) is 3.35. The summed E-state index contributed by atoms with van der Waals surface area (Å²) in [6.45, 7) is 0. The zero-order valence-corrected chi connectivity index (χ0v) is 12.6. The largest absolute Gasteiger partial charge is 0.573 e. The molecule has 0 unspecified atom stereocenters. The van der Waals surface area contributed by atoms with Gasteiger partial charge in [-0.15, -0.1) is 17.7 Å². The summed E-state index contributed by atoms with van der Waals surface area (Å²) in [7, 11) is 3.76. The summed E-state index contributed by atoms with van der Waals surface area (Å²) in [5, 5.41) is 9.91. The van der Waals surface area contributed by atoms with Gasteiger partial charge in [-0.05, 0) is 44.2 Å². The van der Waals surface area contributed by atoms with Crippen LogP contribution < -0.4 is 9.30 Å². The van der Waals surface area contributed by atoms with Crippen molar-refractivity contribution in [2.45, 2.75) is 11.3 Å². The van der Waals surface area contributed by atoms with Crippen LogP contribution in [0.2, 0.25) is 0 Å². The van der Waals surface area contributed by atoms with Crippen molar-refractivity contribution in [2.24, 2.45) is 0 Å². The van der Waals surface area contributed by atoms with Crippen LogP contribution >= 0.6 is 11.9 Å².